The first-order valence-corrected chi connectivity index (χ1v) is 34.7. The lowest BCUT2D eigenvalue weighted by molar-refractivity contribution is 0.620. The van der Waals surface area contributed by atoms with Crippen LogP contribution in [0.15, 0.2) is 350 Å². The van der Waals surface area contributed by atoms with Crippen molar-refractivity contribution in [1.82, 2.24) is 24.9 Å². The number of para-hydroxylation sites is 5. The van der Waals surface area contributed by atoms with Crippen molar-refractivity contribution in [3.05, 3.63) is 346 Å². The maximum Gasteiger partial charge on any atom is 0.227 e. The van der Waals surface area contributed by atoms with E-state index in [9.17, 15) is 0 Å². The zero-order valence-corrected chi connectivity index (χ0v) is 55.0. The molecule has 0 N–H and O–H groups in total. The Balaban J connectivity index is 0.000000144. The summed E-state index contributed by atoms with van der Waals surface area (Å²) in [6.07, 6.45) is 0. The lowest BCUT2D eigenvalue weighted by Crippen LogP contribution is -1.95. The van der Waals surface area contributed by atoms with Gasteiger partial charge in [-0.2, -0.15) is 0 Å². The van der Waals surface area contributed by atoms with Gasteiger partial charge in [-0.05, 0) is 99.1 Å². The predicted molar refractivity (Wildman–Crippen MR) is 415 cm³/mol. The third kappa shape index (κ3) is 11.1. The van der Waals surface area contributed by atoms with Crippen LogP contribution in [0.2, 0.25) is 0 Å². The first kappa shape index (κ1) is 58.9. The molecule has 0 unspecified atom stereocenters. The zero-order valence-electron chi connectivity index (χ0n) is 53.4. The summed E-state index contributed by atoms with van der Waals surface area (Å²) in [4.78, 5) is 27.9. The number of rotatable bonds is 11. The van der Waals surface area contributed by atoms with Crippen molar-refractivity contribution in [2.45, 2.75) is 0 Å². The SMILES string of the molecule is c1ccc(-c2cccc(-c3sc4c(c(-c5ccccc5)nc5ccccc54)c3-c3ccc(-c4nc(-c5ccccc5)nc5ccccc45)cc3)c2)cc1.c1ccc(-c2cccc(-c3sc4c(c(-c5ccccc5)nc5ccccc54)c3-c3ccc(-c4nc5ccccc5o4)cc3)c2)cc1. The average Bonchev–Trinajstić information content (AvgIpc) is 1.60. The largest absolute Gasteiger partial charge is 0.436 e. The van der Waals surface area contributed by atoms with Crippen molar-refractivity contribution >= 4 is 86.7 Å². The van der Waals surface area contributed by atoms with Crippen LogP contribution in [0.1, 0.15) is 0 Å². The summed E-state index contributed by atoms with van der Waals surface area (Å²) in [6.45, 7) is 0. The number of pyridine rings is 2. The molecule has 99 heavy (non-hydrogen) atoms. The molecule has 0 bridgehead atoms. The van der Waals surface area contributed by atoms with Crippen LogP contribution in [0.3, 0.4) is 0 Å². The summed E-state index contributed by atoms with van der Waals surface area (Å²) in [5, 5.41) is 5.70. The summed E-state index contributed by atoms with van der Waals surface area (Å²) in [7, 11) is 0. The van der Waals surface area contributed by atoms with Crippen molar-refractivity contribution in [1.29, 1.82) is 0 Å². The number of hydrogen-bond donors (Lipinski definition) is 0. The Morgan fingerprint density at radius 1 is 0.222 bits per heavy atom. The normalized spacial score (nSPS) is 11.4. The molecular weight excluding hydrogens is 1240 g/mol. The Labute approximate surface area is 579 Å². The highest BCUT2D eigenvalue weighted by Gasteiger charge is 2.26. The Hall–Kier alpha value is -12.6. The monoisotopic (exact) mass is 1300 g/mol. The van der Waals surface area contributed by atoms with E-state index in [0.29, 0.717) is 5.89 Å². The summed E-state index contributed by atoms with van der Waals surface area (Å²) in [5.41, 5.74) is 24.5. The third-order valence-electron chi connectivity index (χ3n) is 18.4. The highest BCUT2D eigenvalue weighted by molar-refractivity contribution is 7.24. The molecule has 0 aliphatic carbocycles. The molecule has 6 nitrogen and oxygen atoms in total. The molecule has 464 valence electrons. The van der Waals surface area contributed by atoms with E-state index in [4.69, 9.17) is 29.3 Å². The number of aromatic nitrogens is 5. The molecule has 0 spiro atoms. The summed E-state index contributed by atoms with van der Waals surface area (Å²) < 4.78 is 8.59. The van der Waals surface area contributed by atoms with E-state index in [-0.39, 0.29) is 0 Å². The number of hydrogen-bond acceptors (Lipinski definition) is 8. The quantitative estimate of drug-likeness (QED) is 0.128. The van der Waals surface area contributed by atoms with Crippen molar-refractivity contribution in [3.8, 4) is 122 Å². The molecule has 6 heterocycles. The van der Waals surface area contributed by atoms with E-state index in [2.05, 4.69) is 297 Å². The van der Waals surface area contributed by atoms with Crippen molar-refractivity contribution < 1.29 is 4.42 Å². The van der Waals surface area contributed by atoms with Crippen LogP contribution < -0.4 is 0 Å². The summed E-state index contributed by atoms with van der Waals surface area (Å²) >= 11 is 3.70. The maximum atomic E-state index is 6.11. The van der Waals surface area contributed by atoms with Gasteiger partial charge >= 0.3 is 0 Å². The predicted octanol–water partition coefficient (Wildman–Crippen LogP) is 25.3. The van der Waals surface area contributed by atoms with E-state index >= 15 is 0 Å². The topological polar surface area (TPSA) is 77.6 Å². The van der Waals surface area contributed by atoms with Crippen LogP contribution in [0.5, 0.6) is 0 Å². The van der Waals surface area contributed by atoms with Crippen LogP contribution in [0, 0.1) is 0 Å². The molecule has 13 aromatic carbocycles. The van der Waals surface area contributed by atoms with E-state index < -0.39 is 0 Å². The smallest absolute Gasteiger partial charge is 0.227 e. The van der Waals surface area contributed by atoms with Gasteiger partial charge in [0, 0.05) is 85.0 Å². The van der Waals surface area contributed by atoms with Crippen LogP contribution in [-0.2, 0) is 0 Å². The van der Waals surface area contributed by atoms with Crippen molar-refractivity contribution in [2.24, 2.45) is 0 Å². The zero-order chi connectivity index (χ0) is 65.6. The van der Waals surface area contributed by atoms with Gasteiger partial charge in [0.1, 0.15) is 5.52 Å². The second kappa shape index (κ2) is 25.5. The van der Waals surface area contributed by atoms with E-state index in [1.165, 1.54) is 74.4 Å². The molecule has 0 saturated carbocycles. The molecule has 0 fully saturated rings. The third-order valence-corrected chi connectivity index (χ3v) is 21.0. The summed E-state index contributed by atoms with van der Waals surface area (Å²) in [6, 6.07) is 121. The van der Waals surface area contributed by atoms with Gasteiger partial charge in [0.25, 0.3) is 0 Å². The minimum absolute atomic E-state index is 0.622. The number of fused-ring (bicyclic) bond motifs is 8. The molecule has 8 heteroatoms. The molecule has 19 rings (SSSR count). The van der Waals surface area contributed by atoms with Crippen LogP contribution in [0.4, 0.5) is 0 Å². The molecule has 0 saturated heterocycles. The van der Waals surface area contributed by atoms with Gasteiger partial charge in [0.05, 0.1) is 33.6 Å². The molecule has 0 atom stereocenters. The highest BCUT2D eigenvalue weighted by Crippen LogP contribution is 2.53. The minimum atomic E-state index is 0.622. The van der Waals surface area contributed by atoms with Crippen molar-refractivity contribution in [2.75, 3.05) is 0 Å². The first-order valence-electron chi connectivity index (χ1n) is 33.1. The van der Waals surface area contributed by atoms with E-state index in [1.54, 1.807) is 0 Å². The van der Waals surface area contributed by atoms with E-state index in [1.807, 2.05) is 71.2 Å². The van der Waals surface area contributed by atoms with Gasteiger partial charge in [0.15, 0.2) is 11.4 Å². The van der Waals surface area contributed by atoms with Crippen LogP contribution in [-0.4, -0.2) is 24.9 Å². The fourth-order valence-corrected chi connectivity index (χ4v) is 16.4. The lowest BCUT2D eigenvalue weighted by Gasteiger charge is -2.13. The van der Waals surface area contributed by atoms with Gasteiger partial charge in [-0.3, -0.25) is 0 Å². The van der Waals surface area contributed by atoms with Gasteiger partial charge in [-0.1, -0.05) is 291 Å². The second-order valence-electron chi connectivity index (χ2n) is 24.5. The minimum Gasteiger partial charge on any atom is -0.436 e. The molecule has 0 amide bonds. The molecule has 6 aromatic heterocycles. The fourth-order valence-electron chi connectivity index (χ4n) is 13.7. The Kier molecular flexibility index (Phi) is 15.2. The van der Waals surface area contributed by atoms with Crippen LogP contribution >= 0.6 is 22.7 Å². The molecular formula is C91H57N5OS2. The average molecular weight is 1300 g/mol. The van der Waals surface area contributed by atoms with Gasteiger partial charge in [-0.15, -0.1) is 22.7 Å². The molecule has 0 aliphatic heterocycles. The summed E-state index contributed by atoms with van der Waals surface area (Å²) in [5.74, 6) is 1.34. The van der Waals surface area contributed by atoms with Gasteiger partial charge in [-0.25, -0.2) is 24.9 Å². The number of benzene rings is 13. The Morgan fingerprint density at radius 2 is 0.576 bits per heavy atom. The number of oxazole rings is 1. The molecule has 0 radical (unpaired) electrons. The number of thiophene rings is 2. The lowest BCUT2D eigenvalue weighted by atomic mass is 9.93. The van der Waals surface area contributed by atoms with E-state index in [0.717, 1.165) is 106 Å². The highest BCUT2D eigenvalue weighted by atomic mass is 32.1. The fraction of sp³-hybridized carbons (Fsp3) is 0. The Morgan fingerprint density at radius 3 is 1.05 bits per heavy atom. The number of nitrogens with zero attached hydrogens (tertiary/aromatic N) is 5. The standard InChI is InChI=1S/C49H31N3S.C42H26N2OS/c1-4-15-32(16-5-1)37-21-14-22-38(31-37)47-43(44-46(34-17-6-2-7-18-34)50-42-26-13-11-24-40(42)48(44)53-47)33-27-29-35(30-28-33)45-39-23-10-12-25-41(39)51-49(52-45)36-19-8-3-9-20-36;1-3-12-27(13-4-1)31-16-11-17-32(26-31)40-37(28-22-24-30(25-23-28)42-44-35-20-9-10-21-36(35)45-42)38-39(29-14-5-2-6-15-29)43-34-19-8-7-18-33(34)41(38)46-40/h1-31H;1-26H. The van der Waals surface area contributed by atoms with Gasteiger partial charge in [0.2, 0.25) is 5.89 Å². The van der Waals surface area contributed by atoms with Crippen molar-refractivity contribution in [3.63, 3.8) is 0 Å². The second-order valence-corrected chi connectivity index (χ2v) is 26.6. The maximum absolute atomic E-state index is 6.11. The van der Waals surface area contributed by atoms with Gasteiger partial charge < -0.3 is 4.42 Å². The first-order chi connectivity index (χ1) is 49.1. The molecule has 19 aromatic rings. The molecule has 0 aliphatic rings. The van der Waals surface area contributed by atoms with Crippen LogP contribution in [0.25, 0.3) is 186 Å². The Bertz CT molecular complexity index is 6160.